The minimum absolute atomic E-state index is 0.0630. The number of nitrogens with zero attached hydrogens (tertiary/aromatic N) is 6. The standard InChI is InChI=1S/C33H37BrN8O3/c1-17(2)37-16-33-11-25(32(45)39-31-18(3)7-8-27(34)38-31)42(26(33)12-33)28(44)15-41-30-19(4)9-22(23-13-35-21(6)36-14-23)10-24(30)29(40-41)20(5)43/h7-10,13-14,17,25-26,37H,11-12,15-16H2,1-6H3,(H,38,39,45)/t25-,26+,33-/m0/s1. The number of piperidine rings is 1. The van der Waals surface area contributed by atoms with E-state index >= 15 is 0 Å². The van der Waals surface area contributed by atoms with Gasteiger partial charge in [-0.2, -0.15) is 5.10 Å². The summed E-state index contributed by atoms with van der Waals surface area (Å²) in [6.45, 7) is 11.9. The second-order valence-electron chi connectivity index (χ2n) is 12.7. The Kier molecular flexibility index (Phi) is 8.07. The molecular weight excluding hydrogens is 636 g/mol. The summed E-state index contributed by atoms with van der Waals surface area (Å²) >= 11 is 3.38. The molecule has 11 nitrogen and oxygen atoms in total. The van der Waals surface area contributed by atoms with Gasteiger partial charge in [-0.1, -0.05) is 19.9 Å². The summed E-state index contributed by atoms with van der Waals surface area (Å²) < 4.78 is 2.23. The van der Waals surface area contributed by atoms with Gasteiger partial charge in [-0.15, -0.1) is 0 Å². The van der Waals surface area contributed by atoms with Crippen LogP contribution in [0.25, 0.3) is 22.0 Å². The second kappa shape index (κ2) is 11.7. The van der Waals surface area contributed by atoms with Crippen molar-refractivity contribution in [1.29, 1.82) is 0 Å². The van der Waals surface area contributed by atoms with Crippen molar-refractivity contribution in [2.24, 2.45) is 5.41 Å². The Balaban J connectivity index is 1.33. The number of ketones is 1. The Morgan fingerprint density at radius 2 is 1.78 bits per heavy atom. The van der Waals surface area contributed by atoms with Crippen LogP contribution in [-0.2, 0) is 16.1 Å². The molecule has 0 unspecified atom stereocenters. The molecule has 2 N–H and O–H groups in total. The van der Waals surface area contributed by atoms with Crippen LogP contribution in [0, 0.1) is 26.2 Å². The Bertz CT molecular complexity index is 1840. The minimum atomic E-state index is -0.659. The Hall–Kier alpha value is -4.03. The Labute approximate surface area is 270 Å². The lowest BCUT2D eigenvalue weighted by molar-refractivity contribution is -0.138. The number of aromatic nitrogens is 5. The number of amides is 2. The molecule has 1 aromatic carbocycles. The van der Waals surface area contributed by atoms with Gasteiger partial charge in [0.2, 0.25) is 11.8 Å². The first-order chi connectivity index (χ1) is 21.4. The third-order valence-electron chi connectivity index (χ3n) is 8.94. The lowest BCUT2D eigenvalue weighted by Gasteiger charge is -2.27. The highest BCUT2D eigenvalue weighted by molar-refractivity contribution is 9.10. The van der Waals surface area contributed by atoms with Crippen LogP contribution in [0.5, 0.6) is 0 Å². The van der Waals surface area contributed by atoms with Crippen LogP contribution in [-0.4, -0.2) is 71.9 Å². The molecule has 234 valence electrons. The molecule has 1 aliphatic heterocycles. The summed E-state index contributed by atoms with van der Waals surface area (Å²) in [6.07, 6.45) is 4.89. The van der Waals surface area contributed by atoms with E-state index in [1.54, 1.807) is 22.0 Å². The SMILES string of the molecule is CC(=O)c1nn(CC(=O)N2[C@H](C(=O)Nc3nc(Br)ccc3C)C[C@@]3(CNC(C)C)C[C@@H]23)c2c(C)cc(-c3cnc(C)nc3)cc12. The van der Waals surface area contributed by atoms with Gasteiger partial charge >= 0.3 is 0 Å². The van der Waals surface area contributed by atoms with Crippen molar-refractivity contribution in [3.8, 4) is 11.1 Å². The normalized spacial score (nSPS) is 20.5. The van der Waals surface area contributed by atoms with Crippen LogP contribution in [0.2, 0.25) is 0 Å². The summed E-state index contributed by atoms with van der Waals surface area (Å²) in [5.41, 5.74) is 4.22. The number of likely N-dealkylation sites (tertiary alicyclic amines) is 1. The number of anilines is 1. The minimum Gasteiger partial charge on any atom is -0.325 e. The van der Waals surface area contributed by atoms with Gasteiger partial charge in [0.1, 0.15) is 34.5 Å². The molecule has 0 spiro atoms. The molecule has 6 rings (SSSR count). The molecule has 3 atom stereocenters. The lowest BCUT2D eigenvalue weighted by atomic mass is 9.98. The second-order valence-corrected chi connectivity index (χ2v) is 13.5. The average molecular weight is 674 g/mol. The van der Waals surface area contributed by atoms with Gasteiger partial charge in [-0.25, -0.2) is 15.0 Å². The van der Waals surface area contributed by atoms with E-state index in [1.807, 2.05) is 45.0 Å². The number of hydrogen-bond donors (Lipinski definition) is 2. The van der Waals surface area contributed by atoms with E-state index in [1.165, 1.54) is 6.92 Å². The molecular formula is C33H37BrN8O3. The van der Waals surface area contributed by atoms with Crippen molar-refractivity contribution in [3.63, 3.8) is 0 Å². The summed E-state index contributed by atoms with van der Waals surface area (Å²) in [5.74, 6) is 0.469. The van der Waals surface area contributed by atoms with Gasteiger partial charge in [0.05, 0.1) is 5.52 Å². The molecule has 0 radical (unpaired) electrons. The van der Waals surface area contributed by atoms with E-state index in [-0.39, 0.29) is 41.6 Å². The molecule has 3 aromatic heterocycles. The van der Waals surface area contributed by atoms with Crippen molar-refractivity contribution in [2.75, 3.05) is 11.9 Å². The first-order valence-corrected chi connectivity index (χ1v) is 16.0. The van der Waals surface area contributed by atoms with Crippen molar-refractivity contribution in [1.82, 2.24) is 34.9 Å². The van der Waals surface area contributed by atoms with Gasteiger partial charge < -0.3 is 15.5 Å². The van der Waals surface area contributed by atoms with Crippen molar-refractivity contribution >= 4 is 50.2 Å². The number of Topliss-reactive ketones (excluding diaryl/α,β-unsaturated/α-hetero) is 1. The molecule has 1 aliphatic carbocycles. The number of halogens is 1. The highest BCUT2D eigenvalue weighted by atomic mass is 79.9. The zero-order valence-electron chi connectivity index (χ0n) is 26.3. The average Bonchev–Trinajstić information content (AvgIpc) is 3.39. The third kappa shape index (κ3) is 5.88. The fourth-order valence-electron chi connectivity index (χ4n) is 6.53. The zero-order valence-corrected chi connectivity index (χ0v) is 27.9. The van der Waals surface area contributed by atoms with Gasteiger partial charge in [0.15, 0.2) is 5.78 Å². The molecule has 0 bridgehead atoms. The van der Waals surface area contributed by atoms with Gasteiger partial charge in [0.25, 0.3) is 0 Å². The maximum atomic E-state index is 14.2. The molecule has 1 saturated carbocycles. The number of fused-ring (bicyclic) bond motifs is 2. The summed E-state index contributed by atoms with van der Waals surface area (Å²) in [5, 5.41) is 11.8. The molecule has 2 amide bonds. The molecule has 2 aliphatic rings. The van der Waals surface area contributed by atoms with E-state index in [2.05, 4.69) is 60.5 Å². The summed E-state index contributed by atoms with van der Waals surface area (Å²) in [6, 6.07) is 7.16. The third-order valence-corrected chi connectivity index (χ3v) is 9.38. The maximum Gasteiger partial charge on any atom is 0.248 e. The van der Waals surface area contributed by atoms with Crippen LogP contribution in [0.4, 0.5) is 5.82 Å². The van der Waals surface area contributed by atoms with Gasteiger partial charge in [-0.05, 0) is 84.4 Å². The maximum absolute atomic E-state index is 14.2. The number of carbonyl (C=O) groups is 3. The first kappa shape index (κ1) is 31.0. The smallest absolute Gasteiger partial charge is 0.248 e. The molecule has 2 fully saturated rings. The highest BCUT2D eigenvalue weighted by Gasteiger charge is 2.66. The van der Waals surface area contributed by atoms with Gasteiger partial charge in [0, 0.05) is 54.3 Å². The Morgan fingerprint density at radius 3 is 2.47 bits per heavy atom. The van der Waals surface area contributed by atoms with Crippen molar-refractivity contribution in [3.05, 3.63) is 63.9 Å². The monoisotopic (exact) mass is 672 g/mol. The summed E-state index contributed by atoms with van der Waals surface area (Å²) in [7, 11) is 0. The van der Waals surface area contributed by atoms with Crippen LogP contribution < -0.4 is 10.6 Å². The number of benzene rings is 1. The van der Waals surface area contributed by atoms with E-state index in [9.17, 15) is 14.4 Å². The van der Waals surface area contributed by atoms with Crippen LogP contribution in [0.3, 0.4) is 0 Å². The number of aryl methyl sites for hydroxylation is 3. The molecule has 1 saturated heterocycles. The number of pyridine rings is 1. The van der Waals surface area contributed by atoms with E-state index in [0.29, 0.717) is 39.3 Å². The molecule has 45 heavy (non-hydrogen) atoms. The van der Waals surface area contributed by atoms with Crippen LogP contribution in [0.1, 0.15) is 61.1 Å². The predicted molar refractivity (Wildman–Crippen MR) is 175 cm³/mol. The Morgan fingerprint density at radius 1 is 1.04 bits per heavy atom. The van der Waals surface area contributed by atoms with Crippen molar-refractivity contribution < 1.29 is 14.4 Å². The predicted octanol–water partition coefficient (Wildman–Crippen LogP) is 4.77. The van der Waals surface area contributed by atoms with Crippen molar-refractivity contribution in [2.45, 2.75) is 79.1 Å². The fraction of sp³-hybridized carbons (Fsp3) is 0.424. The van der Waals surface area contributed by atoms with E-state index in [0.717, 1.165) is 35.2 Å². The highest BCUT2D eigenvalue weighted by Crippen LogP contribution is 2.59. The largest absolute Gasteiger partial charge is 0.325 e. The number of nitrogens with one attached hydrogen (secondary N) is 2. The zero-order chi connectivity index (χ0) is 32.2. The van der Waals surface area contributed by atoms with E-state index in [4.69, 9.17) is 0 Å². The first-order valence-electron chi connectivity index (χ1n) is 15.2. The van der Waals surface area contributed by atoms with Crippen LogP contribution in [0.15, 0.2) is 41.3 Å². The lowest BCUT2D eigenvalue weighted by Crippen LogP contribution is -2.47. The number of carbonyl (C=O) groups excluding carboxylic acids is 3. The summed E-state index contributed by atoms with van der Waals surface area (Å²) in [4.78, 5) is 55.6. The van der Waals surface area contributed by atoms with Crippen LogP contribution >= 0.6 is 15.9 Å². The molecule has 4 aromatic rings. The topological polar surface area (TPSA) is 135 Å². The van der Waals surface area contributed by atoms with Gasteiger partial charge in [-0.3, -0.25) is 19.1 Å². The fourth-order valence-corrected chi connectivity index (χ4v) is 6.84. The van der Waals surface area contributed by atoms with E-state index < -0.39 is 6.04 Å². The number of rotatable bonds is 9. The molecule has 12 heteroatoms. The quantitative estimate of drug-likeness (QED) is 0.192. The molecule has 4 heterocycles. The number of hydrogen-bond acceptors (Lipinski definition) is 8.